The van der Waals surface area contributed by atoms with Crippen LogP contribution >= 0.6 is 12.4 Å². The number of rotatable bonds is 5. The molecule has 24 heavy (non-hydrogen) atoms. The molecule has 4 nitrogen and oxygen atoms in total. The highest BCUT2D eigenvalue weighted by atomic mass is 35.5. The first kappa shape index (κ1) is 19.2. The van der Waals surface area contributed by atoms with Crippen molar-refractivity contribution in [2.75, 3.05) is 13.6 Å². The molecule has 3 rings (SSSR count). The molecule has 3 unspecified atom stereocenters. The first-order valence-electron chi connectivity index (χ1n) is 8.52. The summed E-state index contributed by atoms with van der Waals surface area (Å²) >= 11 is 0. The number of fused-ring (bicyclic) bond motifs is 2. The van der Waals surface area contributed by atoms with Gasteiger partial charge in [0.2, 0.25) is 5.91 Å². The second kappa shape index (κ2) is 8.28. The molecule has 0 aromatic heterocycles. The number of halogens is 2. The Hall–Kier alpha value is -1.17. The van der Waals surface area contributed by atoms with Crippen LogP contribution < -0.4 is 10.6 Å². The molecule has 3 atom stereocenters. The van der Waals surface area contributed by atoms with Crippen LogP contribution in [0.25, 0.3) is 0 Å². The predicted octanol–water partition coefficient (Wildman–Crippen LogP) is 2.64. The summed E-state index contributed by atoms with van der Waals surface area (Å²) in [6.07, 6.45) is 4.80. The Balaban J connectivity index is 0.00000208. The maximum absolute atomic E-state index is 13.0. The van der Waals surface area contributed by atoms with Crippen LogP contribution in [0.5, 0.6) is 0 Å². The van der Waals surface area contributed by atoms with E-state index in [1.54, 1.807) is 12.1 Å². The summed E-state index contributed by atoms with van der Waals surface area (Å²) in [5, 5.41) is 6.63. The molecule has 0 spiro atoms. The number of benzene rings is 1. The molecule has 2 heterocycles. The topological polar surface area (TPSA) is 44.4 Å². The van der Waals surface area contributed by atoms with E-state index < -0.39 is 0 Å². The standard InChI is InChI=1S/C18H26FN3O.ClH/c1-12(13-3-5-14(19)6-4-13)20-18(23)11-22(2)17-9-15-7-8-16(10-17)21-15;/h3-6,12,15-17,21H,7-11H2,1-2H3,(H,20,23);1H. The number of likely N-dealkylation sites (N-methyl/N-ethyl adjacent to an activating group) is 1. The second-order valence-corrected chi connectivity index (χ2v) is 7.02. The summed E-state index contributed by atoms with van der Waals surface area (Å²) in [5.41, 5.74) is 0.919. The van der Waals surface area contributed by atoms with Crippen LogP contribution in [0.15, 0.2) is 24.3 Å². The van der Waals surface area contributed by atoms with Gasteiger partial charge in [-0.3, -0.25) is 9.69 Å². The van der Waals surface area contributed by atoms with Gasteiger partial charge in [-0.15, -0.1) is 12.4 Å². The molecule has 0 aliphatic carbocycles. The van der Waals surface area contributed by atoms with E-state index >= 15 is 0 Å². The number of amides is 1. The summed E-state index contributed by atoms with van der Waals surface area (Å²) in [5.74, 6) is -0.234. The third-order valence-corrected chi connectivity index (χ3v) is 5.21. The number of nitrogens with zero attached hydrogens (tertiary/aromatic N) is 1. The average Bonchev–Trinajstić information content (AvgIpc) is 2.85. The molecule has 134 valence electrons. The van der Waals surface area contributed by atoms with E-state index in [9.17, 15) is 9.18 Å². The third-order valence-electron chi connectivity index (χ3n) is 5.21. The fraction of sp³-hybridized carbons (Fsp3) is 0.611. The number of carbonyl (C=O) groups excluding carboxylic acids is 1. The minimum Gasteiger partial charge on any atom is -0.348 e. The predicted molar refractivity (Wildman–Crippen MR) is 95.8 cm³/mol. The van der Waals surface area contributed by atoms with Crippen LogP contribution in [-0.2, 0) is 4.79 Å². The van der Waals surface area contributed by atoms with Gasteiger partial charge in [0.15, 0.2) is 0 Å². The van der Waals surface area contributed by atoms with Gasteiger partial charge in [0.25, 0.3) is 0 Å². The normalized spacial score (nSPS) is 26.8. The summed E-state index contributed by atoms with van der Waals surface area (Å²) < 4.78 is 13.0. The number of hydrogen-bond donors (Lipinski definition) is 2. The lowest BCUT2D eigenvalue weighted by Crippen LogP contribution is -2.49. The monoisotopic (exact) mass is 355 g/mol. The molecule has 1 aromatic carbocycles. The van der Waals surface area contributed by atoms with Crippen molar-refractivity contribution in [2.24, 2.45) is 0 Å². The molecule has 0 radical (unpaired) electrons. The fourth-order valence-electron chi connectivity index (χ4n) is 3.86. The van der Waals surface area contributed by atoms with Gasteiger partial charge in [-0.2, -0.15) is 0 Å². The van der Waals surface area contributed by atoms with Crippen molar-refractivity contribution in [3.05, 3.63) is 35.6 Å². The molecule has 2 N–H and O–H groups in total. The summed E-state index contributed by atoms with van der Waals surface area (Å²) in [6, 6.07) is 7.92. The molecule has 2 fully saturated rings. The fourth-order valence-corrected chi connectivity index (χ4v) is 3.86. The molecule has 2 aliphatic heterocycles. The highest BCUT2D eigenvalue weighted by Gasteiger charge is 2.35. The molecule has 1 aromatic rings. The number of carbonyl (C=O) groups is 1. The quantitative estimate of drug-likeness (QED) is 0.853. The molecule has 2 bridgehead atoms. The van der Waals surface area contributed by atoms with Crippen molar-refractivity contribution in [1.82, 2.24) is 15.5 Å². The SMILES string of the molecule is CC(NC(=O)CN(C)C1CC2CCC(C1)N2)c1ccc(F)cc1.Cl. The second-order valence-electron chi connectivity index (χ2n) is 7.02. The van der Waals surface area contributed by atoms with Crippen molar-refractivity contribution in [1.29, 1.82) is 0 Å². The lowest BCUT2D eigenvalue weighted by Gasteiger charge is -2.35. The minimum atomic E-state index is -0.257. The first-order chi connectivity index (χ1) is 11.0. The summed E-state index contributed by atoms with van der Waals surface area (Å²) in [7, 11) is 2.04. The van der Waals surface area contributed by atoms with Crippen molar-refractivity contribution in [3.63, 3.8) is 0 Å². The van der Waals surface area contributed by atoms with Crippen molar-refractivity contribution in [3.8, 4) is 0 Å². The molecule has 2 aliphatic rings. The molecular weight excluding hydrogens is 329 g/mol. The van der Waals surface area contributed by atoms with Gasteiger partial charge in [0, 0.05) is 18.1 Å². The van der Waals surface area contributed by atoms with Gasteiger partial charge >= 0.3 is 0 Å². The molecule has 0 saturated carbocycles. The Kier molecular flexibility index (Phi) is 6.61. The van der Waals surface area contributed by atoms with Gasteiger partial charge in [0.05, 0.1) is 12.6 Å². The Morgan fingerprint density at radius 2 is 1.88 bits per heavy atom. The van der Waals surface area contributed by atoms with Gasteiger partial charge in [0.1, 0.15) is 5.82 Å². The Labute approximate surface area is 149 Å². The van der Waals surface area contributed by atoms with Gasteiger partial charge < -0.3 is 10.6 Å². The van der Waals surface area contributed by atoms with Crippen molar-refractivity contribution < 1.29 is 9.18 Å². The average molecular weight is 356 g/mol. The maximum atomic E-state index is 13.0. The van der Waals surface area contributed by atoms with E-state index in [0.29, 0.717) is 24.7 Å². The van der Waals surface area contributed by atoms with Crippen LogP contribution in [0.1, 0.15) is 44.2 Å². The van der Waals surface area contributed by atoms with Crippen LogP contribution in [-0.4, -0.2) is 42.5 Å². The van der Waals surface area contributed by atoms with E-state index in [4.69, 9.17) is 0 Å². The highest BCUT2D eigenvalue weighted by Crippen LogP contribution is 2.29. The van der Waals surface area contributed by atoms with E-state index in [-0.39, 0.29) is 30.2 Å². The number of piperidine rings is 1. The third kappa shape index (κ3) is 4.68. The van der Waals surface area contributed by atoms with E-state index in [0.717, 1.165) is 18.4 Å². The van der Waals surface area contributed by atoms with E-state index in [1.165, 1.54) is 25.0 Å². The molecule has 1 amide bonds. The van der Waals surface area contributed by atoms with Crippen LogP contribution in [0, 0.1) is 5.82 Å². The number of hydrogen-bond acceptors (Lipinski definition) is 3. The largest absolute Gasteiger partial charge is 0.348 e. The van der Waals surface area contributed by atoms with Gasteiger partial charge in [-0.1, -0.05) is 12.1 Å². The first-order valence-corrected chi connectivity index (χ1v) is 8.52. The zero-order chi connectivity index (χ0) is 16.4. The molecule has 2 saturated heterocycles. The highest BCUT2D eigenvalue weighted by molar-refractivity contribution is 5.85. The summed E-state index contributed by atoms with van der Waals surface area (Å²) in [4.78, 5) is 14.5. The zero-order valence-electron chi connectivity index (χ0n) is 14.3. The Morgan fingerprint density at radius 3 is 2.46 bits per heavy atom. The lowest BCUT2D eigenvalue weighted by atomic mass is 9.98. The maximum Gasteiger partial charge on any atom is 0.234 e. The number of nitrogens with one attached hydrogen (secondary N) is 2. The molecule has 6 heteroatoms. The van der Waals surface area contributed by atoms with Gasteiger partial charge in [-0.25, -0.2) is 4.39 Å². The Bertz CT molecular complexity index is 542. The Morgan fingerprint density at radius 1 is 1.29 bits per heavy atom. The van der Waals surface area contributed by atoms with E-state index in [1.807, 2.05) is 14.0 Å². The van der Waals surface area contributed by atoms with Crippen LogP contribution in [0.4, 0.5) is 4.39 Å². The van der Waals surface area contributed by atoms with Crippen molar-refractivity contribution >= 4 is 18.3 Å². The smallest absolute Gasteiger partial charge is 0.234 e. The minimum absolute atomic E-state index is 0. The lowest BCUT2D eigenvalue weighted by molar-refractivity contribution is -0.123. The zero-order valence-corrected chi connectivity index (χ0v) is 15.1. The van der Waals surface area contributed by atoms with Crippen LogP contribution in [0.2, 0.25) is 0 Å². The van der Waals surface area contributed by atoms with Crippen molar-refractivity contribution in [2.45, 2.75) is 56.8 Å². The van der Waals surface area contributed by atoms with Gasteiger partial charge in [-0.05, 0) is 57.4 Å². The molecular formula is C18H27ClFN3O. The van der Waals surface area contributed by atoms with Crippen LogP contribution in [0.3, 0.4) is 0 Å². The van der Waals surface area contributed by atoms with E-state index in [2.05, 4.69) is 15.5 Å². The summed E-state index contributed by atoms with van der Waals surface area (Å²) in [6.45, 7) is 2.34.